The SMILES string of the molecule is C=C(C)C(=O)Oc1cc(C(=O)OCC)cc2oc(=O)oc12. The smallest absolute Gasteiger partial charge is 0.462 e. The van der Waals surface area contributed by atoms with Crippen molar-refractivity contribution in [3.63, 3.8) is 0 Å². The van der Waals surface area contributed by atoms with Crippen molar-refractivity contribution < 1.29 is 27.9 Å². The van der Waals surface area contributed by atoms with Crippen LogP contribution in [0.15, 0.2) is 37.9 Å². The predicted octanol–water partition coefficient (Wildman–Crippen LogP) is 2.04. The van der Waals surface area contributed by atoms with Crippen molar-refractivity contribution in [1.82, 2.24) is 0 Å². The lowest BCUT2D eigenvalue weighted by Gasteiger charge is -2.06. The fraction of sp³-hybridized carbons (Fsp3) is 0.214. The summed E-state index contributed by atoms with van der Waals surface area (Å²) < 4.78 is 19.4. The average molecular weight is 292 g/mol. The van der Waals surface area contributed by atoms with Crippen LogP contribution in [0.25, 0.3) is 11.2 Å². The van der Waals surface area contributed by atoms with Crippen molar-refractivity contribution in [2.75, 3.05) is 6.61 Å². The van der Waals surface area contributed by atoms with E-state index in [0.717, 1.165) is 0 Å². The summed E-state index contributed by atoms with van der Waals surface area (Å²) in [4.78, 5) is 34.5. The summed E-state index contributed by atoms with van der Waals surface area (Å²) in [6.45, 7) is 6.72. The van der Waals surface area contributed by atoms with Crippen LogP contribution in [0.2, 0.25) is 0 Å². The minimum Gasteiger partial charge on any atom is -0.462 e. The van der Waals surface area contributed by atoms with E-state index in [2.05, 4.69) is 6.58 Å². The van der Waals surface area contributed by atoms with Crippen LogP contribution >= 0.6 is 0 Å². The number of carbonyl (C=O) groups is 2. The van der Waals surface area contributed by atoms with Gasteiger partial charge in [0.2, 0.25) is 5.58 Å². The van der Waals surface area contributed by atoms with E-state index in [0.29, 0.717) is 0 Å². The zero-order valence-electron chi connectivity index (χ0n) is 11.4. The number of esters is 2. The van der Waals surface area contributed by atoms with E-state index in [4.69, 9.17) is 18.3 Å². The molecule has 1 heterocycles. The molecule has 0 radical (unpaired) electrons. The first-order valence-electron chi connectivity index (χ1n) is 6.05. The molecule has 0 saturated heterocycles. The minimum atomic E-state index is -0.973. The number of fused-ring (bicyclic) bond motifs is 1. The zero-order chi connectivity index (χ0) is 15.6. The molecular weight excluding hydrogens is 280 g/mol. The van der Waals surface area contributed by atoms with Gasteiger partial charge in [0.1, 0.15) is 0 Å². The first-order chi connectivity index (χ1) is 9.92. The number of hydrogen-bond donors (Lipinski definition) is 0. The third-order valence-corrected chi connectivity index (χ3v) is 2.46. The standard InChI is InChI=1S/C14H12O7/c1-4-18-13(16)8-5-9(19-12(15)7(2)3)11-10(6-8)20-14(17)21-11/h5-6H,2,4H2,1,3H3. The lowest BCUT2D eigenvalue weighted by molar-refractivity contribution is -0.130. The third kappa shape index (κ3) is 3.02. The van der Waals surface area contributed by atoms with Gasteiger partial charge in [-0.2, -0.15) is 0 Å². The Morgan fingerprint density at radius 3 is 2.62 bits per heavy atom. The van der Waals surface area contributed by atoms with Crippen molar-refractivity contribution in [2.45, 2.75) is 13.8 Å². The number of benzene rings is 1. The van der Waals surface area contributed by atoms with E-state index >= 15 is 0 Å². The summed E-state index contributed by atoms with van der Waals surface area (Å²) in [7, 11) is 0. The Balaban J connectivity index is 2.54. The zero-order valence-corrected chi connectivity index (χ0v) is 11.4. The Labute approximate surface area is 118 Å². The Kier molecular flexibility index (Phi) is 3.93. The molecule has 0 aliphatic heterocycles. The van der Waals surface area contributed by atoms with Gasteiger partial charge in [-0.1, -0.05) is 6.58 Å². The summed E-state index contributed by atoms with van der Waals surface area (Å²) in [6, 6.07) is 2.51. The summed E-state index contributed by atoms with van der Waals surface area (Å²) in [6.07, 6.45) is 0. The van der Waals surface area contributed by atoms with Crippen LogP contribution < -0.4 is 10.6 Å². The molecule has 1 aromatic heterocycles. The number of ether oxygens (including phenoxy) is 2. The van der Waals surface area contributed by atoms with Crippen LogP contribution in [0.1, 0.15) is 24.2 Å². The van der Waals surface area contributed by atoms with Crippen molar-refractivity contribution in [1.29, 1.82) is 0 Å². The molecule has 0 N–H and O–H groups in total. The molecule has 0 saturated carbocycles. The Morgan fingerprint density at radius 1 is 1.29 bits per heavy atom. The lowest BCUT2D eigenvalue weighted by Crippen LogP contribution is -2.10. The first kappa shape index (κ1) is 14.6. The Bertz CT molecular complexity index is 778. The van der Waals surface area contributed by atoms with Gasteiger partial charge in [0.05, 0.1) is 12.2 Å². The number of hydrogen-bond acceptors (Lipinski definition) is 7. The molecule has 2 aromatic rings. The lowest BCUT2D eigenvalue weighted by atomic mass is 10.2. The summed E-state index contributed by atoms with van der Waals surface area (Å²) in [5.41, 5.74) is 0.131. The van der Waals surface area contributed by atoms with Gasteiger partial charge < -0.3 is 18.3 Å². The highest BCUT2D eigenvalue weighted by Crippen LogP contribution is 2.28. The molecule has 1 aromatic carbocycles. The molecule has 0 aliphatic carbocycles. The second-order valence-electron chi connectivity index (χ2n) is 4.15. The molecule has 0 fully saturated rings. The molecule has 0 atom stereocenters. The van der Waals surface area contributed by atoms with Gasteiger partial charge in [-0.05, 0) is 26.0 Å². The monoisotopic (exact) mass is 292 g/mol. The molecule has 7 heteroatoms. The van der Waals surface area contributed by atoms with Crippen LogP contribution in [-0.4, -0.2) is 18.5 Å². The molecule has 0 aliphatic rings. The summed E-state index contributed by atoms with van der Waals surface area (Å²) in [5.74, 6) is -2.45. The normalized spacial score (nSPS) is 10.4. The van der Waals surface area contributed by atoms with Crippen molar-refractivity contribution >= 4 is 23.1 Å². The molecular formula is C14H12O7. The van der Waals surface area contributed by atoms with Crippen molar-refractivity contribution in [3.8, 4) is 5.75 Å². The van der Waals surface area contributed by atoms with E-state index in [-0.39, 0.29) is 34.7 Å². The predicted molar refractivity (Wildman–Crippen MR) is 71.2 cm³/mol. The summed E-state index contributed by atoms with van der Waals surface area (Å²) >= 11 is 0. The van der Waals surface area contributed by atoms with Crippen LogP contribution in [0.4, 0.5) is 0 Å². The van der Waals surface area contributed by atoms with Gasteiger partial charge in [-0.25, -0.2) is 14.4 Å². The molecule has 0 unspecified atom stereocenters. The topological polar surface area (TPSA) is 96.0 Å². The van der Waals surface area contributed by atoms with E-state index in [1.807, 2.05) is 0 Å². The van der Waals surface area contributed by atoms with Crippen LogP contribution in [0.3, 0.4) is 0 Å². The summed E-state index contributed by atoms with van der Waals surface area (Å²) in [5, 5.41) is 0. The molecule has 21 heavy (non-hydrogen) atoms. The van der Waals surface area contributed by atoms with Crippen LogP contribution in [-0.2, 0) is 9.53 Å². The molecule has 110 valence electrons. The highest BCUT2D eigenvalue weighted by molar-refractivity contribution is 5.97. The van der Waals surface area contributed by atoms with Crippen molar-refractivity contribution in [3.05, 3.63) is 40.5 Å². The number of carbonyl (C=O) groups excluding carboxylic acids is 2. The quantitative estimate of drug-likeness (QED) is 0.483. The Hall–Kier alpha value is -2.83. The van der Waals surface area contributed by atoms with E-state index in [1.165, 1.54) is 19.1 Å². The molecule has 0 amide bonds. The van der Waals surface area contributed by atoms with Gasteiger partial charge in [0.15, 0.2) is 11.3 Å². The largest absolute Gasteiger partial charge is 0.519 e. The van der Waals surface area contributed by atoms with Gasteiger partial charge >= 0.3 is 17.8 Å². The Morgan fingerprint density at radius 2 is 2.00 bits per heavy atom. The maximum Gasteiger partial charge on any atom is 0.519 e. The van der Waals surface area contributed by atoms with Crippen molar-refractivity contribution in [2.24, 2.45) is 0 Å². The van der Waals surface area contributed by atoms with E-state index in [1.54, 1.807) is 6.92 Å². The van der Waals surface area contributed by atoms with Gasteiger partial charge in [0, 0.05) is 5.57 Å². The minimum absolute atomic E-state index is 0.0185. The second kappa shape index (κ2) is 5.66. The fourth-order valence-electron chi connectivity index (χ4n) is 1.54. The third-order valence-electron chi connectivity index (χ3n) is 2.46. The van der Waals surface area contributed by atoms with Crippen LogP contribution in [0.5, 0.6) is 5.75 Å². The fourth-order valence-corrected chi connectivity index (χ4v) is 1.54. The first-order valence-corrected chi connectivity index (χ1v) is 6.05. The highest BCUT2D eigenvalue weighted by atomic mass is 16.6. The maximum atomic E-state index is 11.7. The number of rotatable bonds is 4. The molecule has 0 spiro atoms. The average Bonchev–Trinajstić information content (AvgIpc) is 2.79. The van der Waals surface area contributed by atoms with E-state index in [9.17, 15) is 14.4 Å². The van der Waals surface area contributed by atoms with Gasteiger partial charge in [-0.3, -0.25) is 0 Å². The maximum absolute atomic E-state index is 11.7. The van der Waals surface area contributed by atoms with Crippen LogP contribution in [0, 0.1) is 0 Å². The molecule has 7 nitrogen and oxygen atoms in total. The van der Waals surface area contributed by atoms with Gasteiger partial charge in [0.25, 0.3) is 0 Å². The second-order valence-corrected chi connectivity index (χ2v) is 4.15. The molecule has 0 bridgehead atoms. The molecule has 2 rings (SSSR count). The van der Waals surface area contributed by atoms with Gasteiger partial charge in [-0.15, -0.1) is 0 Å². The highest BCUT2D eigenvalue weighted by Gasteiger charge is 2.19. The van der Waals surface area contributed by atoms with E-state index < -0.39 is 17.8 Å².